The minimum absolute atomic E-state index is 0.0506. The van der Waals surface area contributed by atoms with Gasteiger partial charge < -0.3 is 10.4 Å². The van der Waals surface area contributed by atoms with Gasteiger partial charge in [0.1, 0.15) is 5.75 Å². The zero-order valence-electron chi connectivity index (χ0n) is 13.7. The Labute approximate surface area is 139 Å². The number of hydrogen-bond acceptors (Lipinski definition) is 4. The van der Waals surface area contributed by atoms with Gasteiger partial charge in [0.2, 0.25) is 0 Å². The van der Waals surface area contributed by atoms with Crippen LogP contribution in [0.5, 0.6) is 5.75 Å². The quantitative estimate of drug-likeness (QED) is 0.776. The first kappa shape index (κ1) is 15.7. The van der Waals surface area contributed by atoms with Gasteiger partial charge in [-0.15, -0.1) is 0 Å². The first-order valence-electron chi connectivity index (χ1n) is 7.55. The Balaban J connectivity index is 1.80. The van der Waals surface area contributed by atoms with Crippen LogP contribution in [0.25, 0.3) is 5.82 Å². The maximum atomic E-state index is 12.3. The molecule has 0 radical (unpaired) electrons. The molecule has 2 heterocycles. The number of nitrogens with one attached hydrogen (secondary N) is 1. The van der Waals surface area contributed by atoms with E-state index in [9.17, 15) is 9.90 Å². The van der Waals surface area contributed by atoms with E-state index in [1.165, 1.54) is 6.07 Å². The monoisotopic (exact) mass is 322 g/mol. The van der Waals surface area contributed by atoms with E-state index in [4.69, 9.17) is 0 Å². The number of hydrogen-bond donors (Lipinski definition) is 2. The van der Waals surface area contributed by atoms with Crippen molar-refractivity contribution in [2.24, 2.45) is 0 Å². The Hall–Kier alpha value is -3.15. The molecule has 0 saturated heterocycles. The fraction of sp³-hybridized carbons (Fsp3) is 0.167. The third-order valence-electron chi connectivity index (χ3n) is 3.63. The minimum Gasteiger partial charge on any atom is -0.507 e. The largest absolute Gasteiger partial charge is 0.507 e. The van der Waals surface area contributed by atoms with Crippen LogP contribution in [0, 0.1) is 20.8 Å². The Kier molecular flexibility index (Phi) is 4.04. The lowest BCUT2D eigenvalue weighted by molar-refractivity contribution is 0.102. The van der Waals surface area contributed by atoms with Crippen molar-refractivity contribution in [3.63, 3.8) is 0 Å². The van der Waals surface area contributed by atoms with E-state index in [0.29, 0.717) is 11.5 Å². The molecule has 122 valence electrons. The van der Waals surface area contributed by atoms with Crippen molar-refractivity contribution in [1.82, 2.24) is 14.8 Å². The van der Waals surface area contributed by atoms with Gasteiger partial charge in [-0.1, -0.05) is 11.6 Å². The molecular weight excluding hydrogens is 304 g/mol. The molecule has 1 amide bonds. The molecule has 6 nitrogen and oxygen atoms in total. The highest BCUT2D eigenvalue weighted by Gasteiger charge is 2.12. The second-order valence-corrected chi connectivity index (χ2v) is 5.72. The van der Waals surface area contributed by atoms with E-state index in [1.54, 1.807) is 35.1 Å². The Bertz CT molecular complexity index is 898. The van der Waals surface area contributed by atoms with E-state index < -0.39 is 0 Å². The van der Waals surface area contributed by atoms with Gasteiger partial charge in [-0.25, -0.2) is 9.67 Å². The molecular formula is C18H18N4O2. The molecule has 0 aliphatic heterocycles. The number of carbonyl (C=O) groups is 1. The van der Waals surface area contributed by atoms with E-state index in [0.717, 1.165) is 17.0 Å². The molecule has 0 atom stereocenters. The lowest BCUT2D eigenvalue weighted by Gasteiger charge is -2.08. The number of amides is 1. The van der Waals surface area contributed by atoms with Crippen LogP contribution in [0.4, 0.5) is 5.69 Å². The third-order valence-corrected chi connectivity index (χ3v) is 3.63. The highest BCUT2D eigenvalue weighted by atomic mass is 16.3. The summed E-state index contributed by atoms with van der Waals surface area (Å²) in [5, 5.41) is 16.9. The van der Waals surface area contributed by atoms with Gasteiger partial charge in [0, 0.05) is 5.69 Å². The number of phenolic OH excluding ortho intramolecular Hbond substituents is 1. The standard InChI is InChI=1S/C18H18N4O2/c1-11-4-6-16(23)15(8-11)18(24)20-14-5-7-17(19-10-14)22-13(3)9-12(2)21-22/h4-10,23H,1-3H3,(H,20,24). The summed E-state index contributed by atoms with van der Waals surface area (Å²) in [6.07, 6.45) is 1.57. The molecule has 1 aromatic carbocycles. The van der Waals surface area contributed by atoms with E-state index >= 15 is 0 Å². The van der Waals surface area contributed by atoms with Gasteiger partial charge in [0.25, 0.3) is 5.91 Å². The highest BCUT2D eigenvalue weighted by molar-refractivity contribution is 6.06. The summed E-state index contributed by atoms with van der Waals surface area (Å²) in [7, 11) is 0. The predicted octanol–water partition coefficient (Wildman–Crippen LogP) is 3.15. The maximum absolute atomic E-state index is 12.3. The van der Waals surface area contributed by atoms with Gasteiger partial charge in [-0.05, 0) is 51.1 Å². The van der Waals surface area contributed by atoms with Crippen LogP contribution in [0.3, 0.4) is 0 Å². The number of aryl methyl sites for hydroxylation is 3. The van der Waals surface area contributed by atoms with Crippen molar-refractivity contribution in [3.8, 4) is 11.6 Å². The lowest BCUT2D eigenvalue weighted by Crippen LogP contribution is -2.13. The van der Waals surface area contributed by atoms with Crippen molar-refractivity contribution < 1.29 is 9.90 Å². The lowest BCUT2D eigenvalue weighted by atomic mass is 10.1. The Morgan fingerprint density at radius 3 is 2.54 bits per heavy atom. The van der Waals surface area contributed by atoms with Crippen molar-refractivity contribution in [2.45, 2.75) is 20.8 Å². The average Bonchev–Trinajstić information content (AvgIpc) is 2.89. The first-order chi connectivity index (χ1) is 11.4. The van der Waals surface area contributed by atoms with Crippen LogP contribution in [-0.4, -0.2) is 25.8 Å². The van der Waals surface area contributed by atoms with Crippen molar-refractivity contribution in [3.05, 3.63) is 65.1 Å². The minimum atomic E-state index is -0.378. The van der Waals surface area contributed by atoms with Crippen LogP contribution >= 0.6 is 0 Å². The van der Waals surface area contributed by atoms with E-state index in [1.807, 2.05) is 26.8 Å². The van der Waals surface area contributed by atoms with Crippen molar-refractivity contribution in [2.75, 3.05) is 5.32 Å². The number of rotatable bonds is 3. The molecule has 2 aromatic heterocycles. The summed E-state index contributed by atoms with van der Waals surface area (Å²) in [6.45, 7) is 5.74. The zero-order valence-corrected chi connectivity index (χ0v) is 13.7. The number of anilines is 1. The van der Waals surface area contributed by atoms with Crippen LogP contribution in [-0.2, 0) is 0 Å². The molecule has 0 aliphatic rings. The average molecular weight is 322 g/mol. The fourth-order valence-electron chi connectivity index (χ4n) is 2.48. The van der Waals surface area contributed by atoms with Crippen LogP contribution < -0.4 is 5.32 Å². The van der Waals surface area contributed by atoms with Gasteiger partial charge in [0.15, 0.2) is 5.82 Å². The Morgan fingerprint density at radius 2 is 1.92 bits per heavy atom. The normalized spacial score (nSPS) is 10.6. The van der Waals surface area contributed by atoms with Crippen molar-refractivity contribution in [1.29, 1.82) is 0 Å². The van der Waals surface area contributed by atoms with Gasteiger partial charge in [-0.3, -0.25) is 4.79 Å². The molecule has 3 aromatic rings. The summed E-state index contributed by atoms with van der Waals surface area (Å²) >= 11 is 0. The van der Waals surface area contributed by atoms with E-state index in [-0.39, 0.29) is 17.2 Å². The number of carbonyl (C=O) groups excluding carboxylic acids is 1. The number of nitrogens with zero attached hydrogens (tertiary/aromatic N) is 3. The molecule has 2 N–H and O–H groups in total. The SMILES string of the molecule is Cc1ccc(O)c(C(=O)Nc2ccc(-n3nc(C)cc3C)nc2)c1. The van der Waals surface area contributed by atoms with Crippen LogP contribution in [0.1, 0.15) is 27.3 Å². The molecule has 24 heavy (non-hydrogen) atoms. The molecule has 0 aliphatic carbocycles. The van der Waals surface area contributed by atoms with Gasteiger partial charge >= 0.3 is 0 Å². The van der Waals surface area contributed by atoms with E-state index in [2.05, 4.69) is 15.4 Å². The van der Waals surface area contributed by atoms with Crippen molar-refractivity contribution >= 4 is 11.6 Å². The maximum Gasteiger partial charge on any atom is 0.259 e. The highest BCUT2D eigenvalue weighted by Crippen LogP contribution is 2.20. The first-order valence-corrected chi connectivity index (χ1v) is 7.55. The second-order valence-electron chi connectivity index (χ2n) is 5.72. The van der Waals surface area contributed by atoms with Gasteiger partial charge in [0.05, 0.1) is 23.1 Å². The number of phenols is 1. The molecule has 6 heteroatoms. The fourth-order valence-corrected chi connectivity index (χ4v) is 2.48. The molecule has 0 unspecified atom stereocenters. The summed E-state index contributed by atoms with van der Waals surface area (Å²) in [5.41, 5.74) is 3.59. The summed E-state index contributed by atoms with van der Waals surface area (Å²) in [5.74, 6) is 0.249. The number of pyridine rings is 1. The molecule has 3 rings (SSSR count). The predicted molar refractivity (Wildman–Crippen MR) is 91.6 cm³/mol. The second kappa shape index (κ2) is 6.16. The Morgan fingerprint density at radius 1 is 1.12 bits per heavy atom. The van der Waals surface area contributed by atoms with Gasteiger partial charge in [-0.2, -0.15) is 5.10 Å². The van der Waals surface area contributed by atoms with Crippen LogP contribution in [0.2, 0.25) is 0 Å². The summed E-state index contributed by atoms with van der Waals surface area (Å²) in [6, 6.07) is 10.4. The number of aromatic nitrogens is 3. The number of benzene rings is 1. The zero-order chi connectivity index (χ0) is 17.3. The molecule has 0 saturated carbocycles. The topological polar surface area (TPSA) is 80.0 Å². The summed E-state index contributed by atoms with van der Waals surface area (Å²) < 4.78 is 1.74. The summed E-state index contributed by atoms with van der Waals surface area (Å²) in [4.78, 5) is 16.6. The molecule has 0 fully saturated rings. The van der Waals surface area contributed by atoms with Crippen LogP contribution in [0.15, 0.2) is 42.6 Å². The molecule has 0 spiro atoms. The smallest absolute Gasteiger partial charge is 0.259 e. The molecule has 0 bridgehead atoms. The third kappa shape index (κ3) is 3.12. The number of aromatic hydroxyl groups is 1.